The molecule has 132 valence electrons. The normalized spacial score (nSPS) is 14.4. The van der Waals surface area contributed by atoms with Crippen molar-refractivity contribution in [1.29, 1.82) is 0 Å². The van der Waals surface area contributed by atoms with Crippen molar-refractivity contribution in [3.8, 4) is 11.5 Å². The van der Waals surface area contributed by atoms with Gasteiger partial charge in [0, 0.05) is 30.8 Å². The molecular formula is C17H18ClFN4O2. The average Bonchev–Trinajstić information content (AvgIpc) is 3.10. The van der Waals surface area contributed by atoms with Crippen LogP contribution in [-0.2, 0) is 4.79 Å². The largest absolute Gasteiger partial charge is 0.403 e. The second-order valence-electron chi connectivity index (χ2n) is 5.59. The lowest BCUT2D eigenvalue weighted by Gasteiger charge is -2.26. The first-order chi connectivity index (χ1) is 12.1. The van der Waals surface area contributed by atoms with Gasteiger partial charge in [-0.05, 0) is 31.1 Å². The first-order valence-electron chi connectivity index (χ1n) is 8.02. The van der Waals surface area contributed by atoms with Crippen LogP contribution in [0.1, 0.15) is 18.9 Å². The van der Waals surface area contributed by atoms with Crippen molar-refractivity contribution in [2.75, 3.05) is 30.8 Å². The molecule has 0 radical (unpaired) electrons. The number of hydrogen-bond acceptors (Lipinski definition) is 5. The molecule has 0 aliphatic carbocycles. The molecule has 0 spiro atoms. The first-order valence-corrected chi connectivity index (χ1v) is 8.56. The maximum absolute atomic E-state index is 14.5. The van der Waals surface area contributed by atoms with Gasteiger partial charge in [0.15, 0.2) is 0 Å². The van der Waals surface area contributed by atoms with Crippen LogP contribution < -0.4 is 5.32 Å². The molecule has 2 aromatic rings. The van der Waals surface area contributed by atoms with Gasteiger partial charge in [-0.15, -0.1) is 16.7 Å². The highest BCUT2D eigenvalue weighted by Gasteiger charge is 2.19. The Bertz CT molecular complexity index is 806. The van der Waals surface area contributed by atoms with Crippen LogP contribution in [0.15, 0.2) is 28.7 Å². The second kappa shape index (κ2) is 7.65. The third kappa shape index (κ3) is 3.82. The third-order valence-electron chi connectivity index (χ3n) is 3.99. The van der Waals surface area contributed by atoms with Gasteiger partial charge < -0.3 is 14.6 Å². The molecule has 25 heavy (non-hydrogen) atoms. The van der Waals surface area contributed by atoms with Gasteiger partial charge in [-0.2, -0.15) is 0 Å². The SMILES string of the molecule is CCNc1nnc(-c2ccc(C3=CCN(C(=O)CCl)CC3)c(F)c2)o1. The Morgan fingerprint density at radius 3 is 2.92 bits per heavy atom. The topological polar surface area (TPSA) is 71.3 Å². The van der Waals surface area contributed by atoms with E-state index < -0.39 is 0 Å². The number of nitrogens with one attached hydrogen (secondary N) is 1. The van der Waals surface area contributed by atoms with E-state index in [1.165, 1.54) is 6.07 Å². The van der Waals surface area contributed by atoms with Crippen molar-refractivity contribution in [2.24, 2.45) is 0 Å². The summed E-state index contributed by atoms with van der Waals surface area (Å²) in [5, 5.41) is 10.7. The molecule has 0 saturated heterocycles. The van der Waals surface area contributed by atoms with Crippen LogP contribution >= 0.6 is 11.6 Å². The fourth-order valence-electron chi connectivity index (χ4n) is 2.70. The lowest BCUT2D eigenvalue weighted by Crippen LogP contribution is -2.35. The smallest absolute Gasteiger partial charge is 0.315 e. The number of alkyl halides is 1. The quantitative estimate of drug-likeness (QED) is 0.825. The summed E-state index contributed by atoms with van der Waals surface area (Å²) in [6.07, 6.45) is 2.45. The number of carbonyl (C=O) groups is 1. The summed E-state index contributed by atoms with van der Waals surface area (Å²) in [6, 6.07) is 5.14. The van der Waals surface area contributed by atoms with Crippen molar-refractivity contribution in [3.63, 3.8) is 0 Å². The Morgan fingerprint density at radius 2 is 2.28 bits per heavy atom. The van der Waals surface area contributed by atoms with E-state index in [2.05, 4.69) is 15.5 Å². The number of hydrogen-bond donors (Lipinski definition) is 1. The number of anilines is 1. The molecule has 0 atom stereocenters. The monoisotopic (exact) mass is 364 g/mol. The molecule has 1 aromatic heterocycles. The number of benzene rings is 1. The molecule has 1 aliphatic rings. The van der Waals surface area contributed by atoms with Crippen LogP contribution in [0.25, 0.3) is 17.0 Å². The molecule has 0 saturated carbocycles. The van der Waals surface area contributed by atoms with Gasteiger partial charge >= 0.3 is 6.01 Å². The molecule has 1 aliphatic heterocycles. The number of amides is 1. The molecule has 1 aromatic carbocycles. The molecule has 0 bridgehead atoms. The van der Waals surface area contributed by atoms with Gasteiger partial charge in [0.1, 0.15) is 11.7 Å². The number of halogens is 2. The molecule has 1 N–H and O–H groups in total. The lowest BCUT2D eigenvalue weighted by atomic mass is 9.97. The zero-order chi connectivity index (χ0) is 17.8. The van der Waals surface area contributed by atoms with Crippen molar-refractivity contribution in [1.82, 2.24) is 15.1 Å². The summed E-state index contributed by atoms with van der Waals surface area (Å²) in [6.45, 7) is 3.55. The highest BCUT2D eigenvalue weighted by Crippen LogP contribution is 2.28. The summed E-state index contributed by atoms with van der Waals surface area (Å²) in [5.41, 5.74) is 1.92. The fourth-order valence-corrected chi connectivity index (χ4v) is 2.86. The van der Waals surface area contributed by atoms with Gasteiger partial charge in [-0.25, -0.2) is 4.39 Å². The van der Waals surface area contributed by atoms with Gasteiger partial charge in [-0.1, -0.05) is 17.2 Å². The molecule has 0 unspecified atom stereocenters. The molecule has 0 fully saturated rings. The van der Waals surface area contributed by atoms with Crippen LogP contribution in [0.4, 0.5) is 10.4 Å². The zero-order valence-electron chi connectivity index (χ0n) is 13.8. The van der Waals surface area contributed by atoms with E-state index in [-0.39, 0.29) is 23.5 Å². The van der Waals surface area contributed by atoms with Crippen molar-refractivity contribution < 1.29 is 13.6 Å². The van der Waals surface area contributed by atoms with E-state index in [1.54, 1.807) is 17.0 Å². The molecular weight excluding hydrogens is 347 g/mol. The molecule has 2 heterocycles. The van der Waals surface area contributed by atoms with E-state index in [9.17, 15) is 9.18 Å². The van der Waals surface area contributed by atoms with Gasteiger partial charge in [-0.3, -0.25) is 4.79 Å². The number of rotatable bonds is 5. The van der Waals surface area contributed by atoms with Gasteiger partial charge in [0.25, 0.3) is 0 Å². The van der Waals surface area contributed by atoms with Crippen molar-refractivity contribution >= 4 is 29.1 Å². The summed E-state index contributed by atoms with van der Waals surface area (Å²) < 4.78 is 20.0. The van der Waals surface area contributed by atoms with E-state index >= 15 is 0 Å². The molecule has 8 heteroatoms. The number of nitrogens with zero attached hydrogens (tertiary/aromatic N) is 3. The maximum atomic E-state index is 14.5. The Kier molecular flexibility index (Phi) is 5.33. The third-order valence-corrected chi connectivity index (χ3v) is 4.22. The van der Waals surface area contributed by atoms with Gasteiger partial charge in [0.05, 0.1) is 0 Å². The minimum atomic E-state index is -0.357. The minimum absolute atomic E-state index is 0.0364. The summed E-state index contributed by atoms with van der Waals surface area (Å²) in [4.78, 5) is 13.2. The average molecular weight is 365 g/mol. The molecule has 3 rings (SSSR count). The molecule has 1 amide bonds. The Labute approximate surface area is 149 Å². The van der Waals surface area contributed by atoms with Crippen LogP contribution in [0.5, 0.6) is 0 Å². The first kappa shape index (κ1) is 17.4. The van der Waals surface area contributed by atoms with Crippen LogP contribution in [0.2, 0.25) is 0 Å². The maximum Gasteiger partial charge on any atom is 0.315 e. The summed E-state index contributed by atoms with van der Waals surface area (Å²) in [7, 11) is 0. The second-order valence-corrected chi connectivity index (χ2v) is 5.86. The Balaban J connectivity index is 1.78. The van der Waals surface area contributed by atoms with Crippen LogP contribution in [0.3, 0.4) is 0 Å². The Morgan fingerprint density at radius 1 is 1.44 bits per heavy atom. The number of aromatic nitrogens is 2. The van der Waals surface area contributed by atoms with Crippen LogP contribution in [0, 0.1) is 5.82 Å². The lowest BCUT2D eigenvalue weighted by molar-refractivity contribution is -0.128. The standard InChI is InChI=1S/C17H18ClFN4O2/c1-2-20-17-22-21-16(25-17)12-3-4-13(14(19)9-12)11-5-7-23(8-6-11)15(24)10-18/h3-5,9H,2,6-8,10H2,1H3,(H,20,22). The van der Waals surface area contributed by atoms with E-state index in [0.717, 1.165) is 5.57 Å². The van der Waals surface area contributed by atoms with Crippen molar-refractivity contribution in [3.05, 3.63) is 35.7 Å². The number of carbonyl (C=O) groups excluding carboxylic acids is 1. The van der Waals surface area contributed by atoms with Crippen LogP contribution in [-0.4, -0.2) is 46.5 Å². The predicted molar refractivity (Wildman–Crippen MR) is 93.7 cm³/mol. The minimum Gasteiger partial charge on any atom is -0.403 e. The highest BCUT2D eigenvalue weighted by atomic mass is 35.5. The Hall–Kier alpha value is -2.41. The van der Waals surface area contributed by atoms with E-state index in [0.29, 0.717) is 43.2 Å². The van der Waals surface area contributed by atoms with Gasteiger partial charge in [0.2, 0.25) is 11.8 Å². The fraction of sp³-hybridized carbons (Fsp3) is 0.353. The summed E-state index contributed by atoms with van der Waals surface area (Å²) >= 11 is 5.56. The van der Waals surface area contributed by atoms with E-state index in [4.69, 9.17) is 16.0 Å². The summed E-state index contributed by atoms with van der Waals surface area (Å²) in [5.74, 6) is -0.242. The van der Waals surface area contributed by atoms with Crippen molar-refractivity contribution in [2.45, 2.75) is 13.3 Å². The highest BCUT2D eigenvalue weighted by molar-refractivity contribution is 6.27. The zero-order valence-corrected chi connectivity index (χ0v) is 14.5. The predicted octanol–water partition coefficient (Wildman–Crippen LogP) is 3.16. The van der Waals surface area contributed by atoms with E-state index in [1.807, 2.05) is 13.0 Å². The molecule has 6 nitrogen and oxygen atoms in total.